The maximum absolute atomic E-state index is 13.5. The number of anilines is 1. The van der Waals surface area contributed by atoms with Crippen molar-refractivity contribution in [2.45, 2.75) is 30.9 Å². The number of carbonyl (C=O) groups excluding carboxylic acids is 1. The number of nitrogens with one attached hydrogen (secondary N) is 2. The first-order chi connectivity index (χ1) is 15.6. The molecule has 2 aromatic carbocycles. The third-order valence-corrected chi connectivity index (χ3v) is 6.96. The van der Waals surface area contributed by atoms with Gasteiger partial charge in [0.25, 0.3) is 15.9 Å². The highest BCUT2D eigenvalue weighted by Crippen LogP contribution is 2.27. The topological polar surface area (TPSA) is 97.0 Å². The van der Waals surface area contributed by atoms with E-state index in [1.54, 1.807) is 20.2 Å². The van der Waals surface area contributed by atoms with Crippen LogP contribution in [0.25, 0.3) is 0 Å². The average molecular weight is 480 g/mol. The number of carbonyl (C=O) groups is 1. The van der Waals surface area contributed by atoms with Gasteiger partial charge in [0.2, 0.25) is 0 Å². The van der Waals surface area contributed by atoms with Crippen LogP contribution in [0.2, 0.25) is 0 Å². The Morgan fingerprint density at radius 3 is 2.67 bits per heavy atom. The van der Waals surface area contributed by atoms with Crippen LogP contribution in [0.15, 0.2) is 47.4 Å². The van der Waals surface area contributed by atoms with E-state index in [9.17, 15) is 17.6 Å². The molecule has 0 aromatic heterocycles. The fourth-order valence-corrected chi connectivity index (χ4v) is 4.65. The largest absolute Gasteiger partial charge is 0.491 e. The second kappa shape index (κ2) is 10.5. The molecule has 10 heteroatoms. The summed E-state index contributed by atoms with van der Waals surface area (Å²) in [5.41, 5.74) is 0.380. The lowest BCUT2D eigenvalue weighted by atomic mass is 10.0. The third-order valence-electron chi connectivity index (χ3n) is 5.58. The molecule has 0 radical (unpaired) electrons. The highest BCUT2D eigenvalue weighted by Gasteiger charge is 2.26. The number of halogens is 1. The number of fused-ring (bicyclic) bond motifs is 1. The Kier molecular flexibility index (Phi) is 7.93. The summed E-state index contributed by atoms with van der Waals surface area (Å²) in [6, 6.07) is 9.22. The van der Waals surface area contributed by atoms with E-state index in [0.29, 0.717) is 25.4 Å². The van der Waals surface area contributed by atoms with Crippen molar-refractivity contribution in [2.24, 2.45) is 5.92 Å². The van der Waals surface area contributed by atoms with Crippen molar-refractivity contribution in [3.8, 4) is 5.75 Å². The summed E-state index contributed by atoms with van der Waals surface area (Å²) in [4.78, 5) is 14.6. The van der Waals surface area contributed by atoms with Crippen LogP contribution in [0.3, 0.4) is 0 Å². The molecule has 8 nitrogen and oxygen atoms in total. The molecular formula is C23H30FN3O5S. The van der Waals surface area contributed by atoms with Crippen LogP contribution in [-0.4, -0.2) is 65.2 Å². The van der Waals surface area contributed by atoms with Gasteiger partial charge in [-0.2, -0.15) is 0 Å². The Labute approximate surface area is 194 Å². The zero-order chi connectivity index (χ0) is 24.2. The van der Waals surface area contributed by atoms with Crippen LogP contribution >= 0.6 is 0 Å². The van der Waals surface area contributed by atoms with E-state index in [1.165, 1.54) is 29.2 Å². The van der Waals surface area contributed by atoms with Crippen molar-refractivity contribution in [3.05, 3.63) is 53.8 Å². The lowest BCUT2D eigenvalue weighted by Gasteiger charge is -2.30. The van der Waals surface area contributed by atoms with Gasteiger partial charge in [-0.15, -0.1) is 0 Å². The van der Waals surface area contributed by atoms with E-state index in [-0.39, 0.29) is 40.1 Å². The van der Waals surface area contributed by atoms with Gasteiger partial charge < -0.3 is 19.7 Å². The van der Waals surface area contributed by atoms with Crippen LogP contribution < -0.4 is 14.8 Å². The molecule has 1 aliphatic heterocycles. The molecule has 1 amide bonds. The Balaban J connectivity index is 1.94. The van der Waals surface area contributed by atoms with Crippen molar-refractivity contribution in [1.29, 1.82) is 0 Å². The Morgan fingerprint density at radius 1 is 1.21 bits per heavy atom. The monoisotopic (exact) mass is 479 g/mol. The van der Waals surface area contributed by atoms with Crippen molar-refractivity contribution in [1.82, 2.24) is 10.2 Å². The number of sulfonamides is 1. The van der Waals surface area contributed by atoms with Crippen molar-refractivity contribution in [2.75, 3.05) is 38.6 Å². The third kappa shape index (κ3) is 6.21. The number of amides is 1. The predicted octanol–water partition coefficient (Wildman–Crippen LogP) is 2.72. The molecule has 0 fully saturated rings. The molecule has 0 bridgehead atoms. The number of hydrogen-bond donors (Lipinski definition) is 2. The first kappa shape index (κ1) is 24.9. The Bertz CT molecular complexity index is 1100. The maximum Gasteiger partial charge on any atom is 0.261 e. The van der Waals surface area contributed by atoms with E-state index in [2.05, 4.69) is 10.0 Å². The van der Waals surface area contributed by atoms with Crippen molar-refractivity contribution in [3.63, 3.8) is 0 Å². The summed E-state index contributed by atoms with van der Waals surface area (Å²) >= 11 is 0. The summed E-state index contributed by atoms with van der Waals surface area (Å²) in [5, 5.41) is 3.41. The molecule has 0 saturated carbocycles. The molecule has 2 N–H and O–H groups in total. The average Bonchev–Trinajstić information content (AvgIpc) is 2.78. The minimum atomic E-state index is -4.05. The number of hydrogen-bond acceptors (Lipinski definition) is 6. The molecule has 1 heterocycles. The van der Waals surface area contributed by atoms with Gasteiger partial charge in [0.15, 0.2) is 0 Å². The number of likely N-dealkylation sites (N-methyl/N-ethyl adjacent to an activating group) is 1. The standard InChI is InChI=1S/C23H30FN3O5S/c1-15-12-25-16(2)14-32-21-9-8-18(11-20(21)23(28)27(3)13-22(15)31-4)26-33(29,30)19-7-5-6-17(24)10-19/h5-11,15-16,22,25-26H,12-14H2,1-4H3/t15-,16+,22-/m1/s1. The number of nitrogens with zero attached hydrogens (tertiary/aromatic N) is 1. The predicted molar refractivity (Wildman–Crippen MR) is 124 cm³/mol. The summed E-state index contributed by atoms with van der Waals surface area (Å²) in [6.45, 7) is 5.41. The van der Waals surface area contributed by atoms with E-state index in [4.69, 9.17) is 9.47 Å². The molecule has 0 unspecified atom stereocenters. The number of benzene rings is 2. The quantitative estimate of drug-likeness (QED) is 0.700. The molecule has 3 rings (SSSR count). The molecular weight excluding hydrogens is 449 g/mol. The summed E-state index contributed by atoms with van der Waals surface area (Å²) in [6.07, 6.45) is -0.183. The van der Waals surface area contributed by atoms with E-state index in [1.807, 2.05) is 13.8 Å². The zero-order valence-corrected chi connectivity index (χ0v) is 20.0. The lowest BCUT2D eigenvalue weighted by molar-refractivity contribution is 0.0281. The normalized spacial score (nSPS) is 22.5. The zero-order valence-electron chi connectivity index (χ0n) is 19.2. The van der Waals surface area contributed by atoms with E-state index >= 15 is 0 Å². The number of rotatable bonds is 4. The van der Waals surface area contributed by atoms with Crippen molar-refractivity contribution >= 4 is 21.6 Å². The molecule has 2 aromatic rings. The molecule has 3 atom stereocenters. The summed E-state index contributed by atoms with van der Waals surface area (Å²) in [5.74, 6) is -0.495. The fourth-order valence-electron chi connectivity index (χ4n) is 3.57. The van der Waals surface area contributed by atoms with Crippen LogP contribution in [0.4, 0.5) is 10.1 Å². The first-order valence-corrected chi connectivity index (χ1v) is 12.2. The summed E-state index contributed by atoms with van der Waals surface area (Å²) < 4.78 is 52.9. The van der Waals surface area contributed by atoms with Gasteiger partial charge in [-0.25, -0.2) is 12.8 Å². The minimum absolute atomic E-state index is 0.0243. The number of ether oxygens (including phenoxy) is 2. The lowest BCUT2D eigenvalue weighted by Crippen LogP contribution is -2.44. The van der Waals surface area contributed by atoms with E-state index in [0.717, 1.165) is 12.1 Å². The highest BCUT2D eigenvalue weighted by atomic mass is 32.2. The van der Waals surface area contributed by atoms with Gasteiger partial charge in [-0.3, -0.25) is 9.52 Å². The van der Waals surface area contributed by atoms with Crippen LogP contribution in [0.1, 0.15) is 24.2 Å². The second-order valence-electron chi connectivity index (χ2n) is 8.33. The van der Waals surface area contributed by atoms with Gasteiger partial charge in [0, 0.05) is 39.0 Å². The van der Waals surface area contributed by atoms with Gasteiger partial charge in [0.1, 0.15) is 18.2 Å². The molecule has 0 spiro atoms. The molecule has 0 saturated heterocycles. The van der Waals surface area contributed by atoms with Gasteiger partial charge >= 0.3 is 0 Å². The molecule has 33 heavy (non-hydrogen) atoms. The Morgan fingerprint density at radius 2 is 1.97 bits per heavy atom. The minimum Gasteiger partial charge on any atom is -0.491 e. The second-order valence-corrected chi connectivity index (χ2v) is 10.0. The maximum atomic E-state index is 13.5. The molecule has 0 aliphatic carbocycles. The smallest absolute Gasteiger partial charge is 0.261 e. The van der Waals surface area contributed by atoms with Gasteiger partial charge in [-0.1, -0.05) is 13.0 Å². The fraction of sp³-hybridized carbons (Fsp3) is 0.435. The van der Waals surface area contributed by atoms with Crippen LogP contribution in [0, 0.1) is 11.7 Å². The number of methoxy groups -OCH3 is 1. The van der Waals surface area contributed by atoms with Gasteiger partial charge in [-0.05, 0) is 49.2 Å². The molecule has 1 aliphatic rings. The van der Waals surface area contributed by atoms with Gasteiger partial charge in [0.05, 0.1) is 16.6 Å². The van der Waals surface area contributed by atoms with Crippen molar-refractivity contribution < 1.29 is 27.1 Å². The SMILES string of the molecule is CO[C@@H]1CN(C)C(=O)c2cc(NS(=O)(=O)c3cccc(F)c3)ccc2OC[C@H](C)NC[C@H]1C. The molecule has 180 valence electrons. The van der Waals surface area contributed by atoms with E-state index < -0.39 is 15.8 Å². The highest BCUT2D eigenvalue weighted by molar-refractivity contribution is 7.92. The van der Waals surface area contributed by atoms with Crippen LogP contribution in [-0.2, 0) is 14.8 Å². The summed E-state index contributed by atoms with van der Waals surface area (Å²) in [7, 11) is -0.769. The van der Waals surface area contributed by atoms with Crippen LogP contribution in [0.5, 0.6) is 5.75 Å². The first-order valence-electron chi connectivity index (χ1n) is 10.7. The Hall–Kier alpha value is -2.69.